The van der Waals surface area contributed by atoms with Crippen LogP contribution in [0.4, 0.5) is 0 Å². The molecule has 0 saturated carbocycles. The summed E-state index contributed by atoms with van der Waals surface area (Å²) in [5, 5.41) is 26.0. The van der Waals surface area contributed by atoms with E-state index in [1.807, 2.05) is 43.3 Å². The maximum absolute atomic E-state index is 12.7. The summed E-state index contributed by atoms with van der Waals surface area (Å²) >= 11 is 0. The van der Waals surface area contributed by atoms with Crippen LogP contribution in [0.2, 0.25) is 0 Å². The molecule has 0 bridgehead atoms. The highest BCUT2D eigenvalue weighted by atomic mass is 16.5. The number of ether oxygens (including phenoxy) is 1. The Kier molecular flexibility index (Phi) is 7.36. The van der Waals surface area contributed by atoms with Gasteiger partial charge in [0.15, 0.2) is 5.58 Å². The minimum atomic E-state index is -0.989. The zero-order chi connectivity index (χ0) is 25.0. The van der Waals surface area contributed by atoms with E-state index < -0.39 is 23.5 Å². The highest BCUT2D eigenvalue weighted by Gasteiger charge is 2.33. The molecule has 0 aliphatic carbocycles. The van der Waals surface area contributed by atoms with Gasteiger partial charge in [0.25, 0.3) is 5.91 Å². The lowest BCUT2D eigenvalue weighted by Crippen LogP contribution is -2.46. The predicted molar refractivity (Wildman–Crippen MR) is 131 cm³/mol. The van der Waals surface area contributed by atoms with Gasteiger partial charge in [-0.1, -0.05) is 43.7 Å². The Hall–Kier alpha value is -3.45. The van der Waals surface area contributed by atoms with Crippen LogP contribution in [0.1, 0.15) is 25.3 Å². The molecular formula is C26H30N4O5. The fraction of sp³-hybridized carbons (Fsp3) is 0.423. The van der Waals surface area contributed by atoms with Gasteiger partial charge in [0.2, 0.25) is 0 Å². The second-order valence-corrected chi connectivity index (χ2v) is 9.11. The summed E-state index contributed by atoms with van der Waals surface area (Å²) in [5.41, 5.74) is 3.05. The summed E-state index contributed by atoms with van der Waals surface area (Å²) in [5.74, 6) is -0.779. The summed E-state index contributed by atoms with van der Waals surface area (Å²) in [6, 6.07) is 14.7. The van der Waals surface area contributed by atoms with E-state index in [1.54, 1.807) is 13.1 Å². The number of aromatic nitrogens is 1. The first-order valence-corrected chi connectivity index (χ1v) is 11.8. The number of rotatable bonds is 7. The Morgan fingerprint density at radius 2 is 2.06 bits per heavy atom. The molecule has 9 heteroatoms. The molecule has 3 aromatic rings. The number of nitriles is 1. The van der Waals surface area contributed by atoms with Crippen molar-refractivity contribution in [3.05, 3.63) is 58.6 Å². The normalized spacial score (nSPS) is 21.3. The average molecular weight is 479 g/mol. The van der Waals surface area contributed by atoms with Gasteiger partial charge >= 0.3 is 5.76 Å². The van der Waals surface area contributed by atoms with Crippen LogP contribution in [0.3, 0.4) is 0 Å². The molecule has 9 nitrogen and oxygen atoms in total. The van der Waals surface area contributed by atoms with Crippen molar-refractivity contribution in [1.82, 2.24) is 15.2 Å². The van der Waals surface area contributed by atoms with Gasteiger partial charge in [-0.3, -0.25) is 9.36 Å². The van der Waals surface area contributed by atoms with E-state index >= 15 is 0 Å². The van der Waals surface area contributed by atoms with Crippen LogP contribution in [-0.2, 0) is 23.0 Å². The number of nitrogens with zero attached hydrogens (tertiary/aromatic N) is 2. The van der Waals surface area contributed by atoms with E-state index in [2.05, 4.69) is 16.7 Å². The molecule has 1 aliphatic rings. The molecule has 1 aliphatic heterocycles. The molecule has 3 atom stereocenters. The van der Waals surface area contributed by atoms with Crippen LogP contribution in [0.25, 0.3) is 22.2 Å². The third-order valence-electron chi connectivity index (χ3n) is 6.34. The van der Waals surface area contributed by atoms with Gasteiger partial charge in [-0.15, -0.1) is 0 Å². The number of fused-ring (bicyclic) bond motifs is 1. The molecule has 1 aromatic heterocycles. The smallest absolute Gasteiger partial charge is 0.408 e. The highest BCUT2D eigenvalue weighted by Crippen LogP contribution is 2.24. The Balaban J connectivity index is 1.38. The highest BCUT2D eigenvalue weighted by molar-refractivity contribution is 5.82. The fourth-order valence-electron chi connectivity index (χ4n) is 4.36. The van der Waals surface area contributed by atoms with Crippen molar-refractivity contribution in [2.45, 2.75) is 43.9 Å². The summed E-state index contributed by atoms with van der Waals surface area (Å²) < 4.78 is 12.3. The van der Waals surface area contributed by atoms with Crippen LogP contribution in [0.15, 0.2) is 51.7 Å². The number of β-amino-alcohol motifs (C(OH)–C–C–N with tert-alkyl or cyclic N) is 1. The summed E-state index contributed by atoms with van der Waals surface area (Å²) in [7, 11) is 1.67. The molecule has 0 radical (unpaired) electrons. The van der Waals surface area contributed by atoms with Crippen molar-refractivity contribution in [3.63, 3.8) is 0 Å². The van der Waals surface area contributed by atoms with Gasteiger partial charge in [-0.2, -0.15) is 5.26 Å². The maximum Gasteiger partial charge on any atom is 0.419 e. The number of carbonyl (C=O) groups is 1. The van der Waals surface area contributed by atoms with E-state index in [1.165, 1.54) is 4.57 Å². The Morgan fingerprint density at radius 3 is 2.77 bits per heavy atom. The summed E-state index contributed by atoms with van der Waals surface area (Å²) in [6.45, 7) is 2.70. The molecule has 3 unspecified atom stereocenters. The molecule has 2 heterocycles. The Bertz CT molecular complexity index is 1290. The van der Waals surface area contributed by atoms with Crippen LogP contribution in [0.5, 0.6) is 0 Å². The zero-order valence-corrected chi connectivity index (χ0v) is 19.9. The molecule has 2 aromatic carbocycles. The number of carbonyl (C=O) groups excluding carboxylic acids is 1. The molecule has 1 fully saturated rings. The number of hydrogen-bond acceptors (Lipinski definition) is 7. The largest absolute Gasteiger partial charge is 0.419 e. The molecule has 3 N–H and O–H groups in total. The second-order valence-electron chi connectivity index (χ2n) is 9.11. The van der Waals surface area contributed by atoms with Crippen molar-refractivity contribution >= 4 is 17.0 Å². The van der Waals surface area contributed by atoms with Crippen LogP contribution in [-0.4, -0.2) is 53.0 Å². The van der Waals surface area contributed by atoms with E-state index in [4.69, 9.17) is 9.15 Å². The van der Waals surface area contributed by atoms with Gasteiger partial charge < -0.3 is 24.9 Å². The first kappa shape index (κ1) is 24.7. The average Bonchev–Trinajstić information content (AvgIpc) is 3.00. The number of amides is 1. The van der Waals surface area contributed by atoms with Crippen LogP contribution in [0, 0.1) is 11.3 Å². The van der Waals surface area contributed by atoms with Crippen molar-refractivity contribution < 1.29 is 19.1 Å². The van der Waals surface area contributed by atoms with E-state index in [-0.39, 0.29) is 19.1 Å². The van der Waals surface area contributed by atoms with Crippen molar-refractivity contribution in [2.75, 3.05) is 19.7 Å². The minimum absolute atomic E-state index is 0.0728. The predicted octanol–water partition coefficient (Wildman–Crippen LogP) is 1.87. The van der Waals surface area contributed by atoms with E-state index in [0.717, 1.165) is 23.1 Å². The Labute approximate surface area is 203 Å². The lowest BCUT2D eigenvalue weighted by Gasteiger charge is -2.25. The number of benzene rings is 2. The third kappa shape index (κ3) is 5.62. The van der Waals surface area contributed by atoms with Crippen molar-refractivity contribution in [3.8, 4) is 17.2 Å². The van der Waals surface area contributed by atoms with Gasteiger partial charge in [0.05, 0.1) is 18.2 Å². The van der Waals surface area contributed by atoms with Gasteiger partial charge in [-0.25, -0.2) is 4.79 Å². The molecular weight excluding hydrogens is 448 g/mol. The van der Waals surface area contributed by atoms with E-state index in [0.29, 0.717) is 30.5 Å². The molecule has 1 saturated heterocycles. The zero-order valence-electron chi connectivity index (χ0n) is 19.9. The van der Waals surface area contributed by atoms with E-state index in [9.17, 15) is 20.0 Å². The first-order valence-electron chi connectivity index (χ1n) is 11.8. The number of hydrogen-bond donors (Lipinski definition) is 3. The second kappa shape index (κ2) is 10.4. The quantitative estimate of drug-likeness (QED) is 0.473. The van der Waals surface area contributed by atoms with Gasteiger partial charge in [-0.05, 0) is 35.2 Å². The third-order valence-corrected chi connectivity index (χ3v) is 6.34. The number of aliphatic hydroxyl groups is 1. The van der Waals surface area contributed by atoms with Crippen LogP contribution < -0.4 is 16.4 Å². The number of oxazole rings is 1. The first-order chi connectivity index (χ1) is 16.8. The molecule has 35 heavy (non-hydrogen) atoms. The molecule has 4 rings (SSSR count). The minimum Gasteiger partial charge on any atom is -0.408 e. The van der Waals surface area contributed by atoms with Gasteiger partial charge in [0, 0.05) is 26.6 Å². The lowest BCUT2D eigenvalue weighted by molar-refractivity contribution is -0.136. The topological polar surface area (TPSA) is 130 Å². The monoisotopic (exact) mass is 478 g/mol. The van der Waals surface area contributed by atoms with Crippen LogP contribution >= 0.6 is 0 Å². The van der Waals surface area contributed by atoms with Crippen molar-refractivity contribution in [2.24, 2.45) is 7.05 Å². The lowest BCUT2D eigenvalue weighted by atomic mass is 9.99. The Morgan fingerprint density at radius 1 is 1.31 bits per heavy atom. The molecule has 0 spiro atoms. The van der Waals surface area contributed by atoms with Crippen molar-refractivity contribution in [1.29, 1.82) is 5.26 Å². The standard InChI is InChI=1S/C26H30N4O5/c1-3-10-26(33)15-28-14-23(34-16-26)24(31)29-20(13-27)11-17-4-6-18(7-5-17)19-8-9-22-21(12-19)30(2)25(32)35-22/h4-9,12,20,23,28,33H,3,10-11,14-16H2,1-2H3,(H,29,31). The molecule has 184 valence electrons. The molecule has 1 amide bonds. The SMILES string of the molecule is CCCC1(O)CNCC(C(=O)NC(C#N)Cc2ccc(-c3ccc4oc(=O)n(C)c4c3)cc2)OC1. The van der Waals surface area contributed by atoms with Gasteiger partial charge in [0.1, 0.15) is 17.7 Å². The summed E-state index contributed by atoms with van der Waals surface area (Å²) in [6.07, 6.45) is 0.968. The number of aryl methyl sites for hydroxylation is 1. The number of nitrogens with one attached hydrogen (secondary N) is 2. The maximum atomic E-state index is 12.7. The summed E-state index contributed by atoms with van der Waals surface area (Å²) in [4.78, 5) is 24.4. The fourth-order valence-corrected chi connectivity index (χ4v) is 4.36.